The van der Waals surface area contributed by atoms with Crippen LogP contribution in [0.5, 0.6) is 0 Å². The third kappa shape index (κ3) is 3.67. The van der Waals surface area contributed by atoms with Gasteiger partial charge in [-0.3, -0.25) is 9.58 Å². The second kappa shape index (κ2) is 6.93. The number of nitrogens with zero attached hydrogens (tertiary/aromatic N) is 3. The van der Waals surface area contributed by atoms with Gasteiger partial charge in [0.25, 0.3) is 0 Å². The van der Waals surface area contributed by atoms with Crippen molar-refractivity contribution in [2.45, 2.75) is 78.0 Å². The molecule has 1 aromatic heterocycles. The van der Waals surface area contributed by atoms with Crippen molar-refractivity contribution in [3.8, 4) is 0 Å². The normalized spacial score (nSPS) is 28.7. The molecule has 4 heteroatoms. The Bertz CT molecular complexity index is 442. The fourth-order valence-corrected chi connectivity index (χ4v) is 2.99. The summed E-state index contributed by atoms with van der Waals surface area (Å²) in [7, 11) is 0. The summed E-state index contributed by atoms with van der Waals surface area (Å²) in [6.07, 6.45) is 5.62. The molecule has 1 aliphatic rings. The molecule has 1 aliphatic heterocycles. The first-order chi connectivity index (χ1) is 10.0. The molecule has 0 saturated carbocycles. The zero-order valence-corrected chi connectivity index (χ0v) is 14.4. The average molecular weight is 292 g/mol. The van der Waals surface area contributed by atoms with E-state index in [4.69, 9.17) is 5.10 Å². The maximum absolute atomic E-state index is 4.78. The minimum Gasteiger partial charge on any atom is -0.311 e. The van der Waals surface area contributed by atoms with E-state index in [0.29, 0.717) is 12.1 Å². The lowest BCUT2D eigenvalue weighted by molar-refractivity contribution is 0.0395. The summed E-state index contributed by atoms with van der Waals surface area (Å²) in [6, 6.07) is 3.29. The molecule has 3 unspecified atom stereocenters. The number of hydrogen-bond donors (Lipinski definition) is 1. The Kier molecular flexibility index (Phi) is 5.44. The Morgan fingerprint density at radius 3 is 2.81 bits per heavy atom. The lowest BCUT2D eigenvalue weighted by Crippen LogP contribution is -2.62. The monoisotopic (exact) mass is 292 g/mol. The van der Waals surface area contributed by atoms with Crippen molar-refractivity contribution in [3.63, 3.8) is 0 Å². The smallest absolute Gasteiger partial charge is 0.0765 e. The Balaban J connectivity index is 2.09. The highest BCUT2D eigenvalue weighted by Gasteiger charge is 2.36. The van der Waals surface area contributed by atoms with E-state index in [0.717, 1.165) is 26.1 Å². The van der Waals surface area contributed by atoms with Crippen molar-refractivity contribution in [1.82, 2.24) is 20.0 Å². The summed E-state index contributed by atoms with van der Waals surface area (Å²) in [6.45, 7) is 14.5. The molecule has 0 bridgehead atoms. The highest BCUT2D eigenvalue weighted by molar-refractivity contribution is 5.04. The van der Waals surface area contributed by atoms with Crippen LogP contribution in [-0.4, -0.2) is 39.4 Å². The number of piperazine rings is 1. The second-order valence-electron chi connectivity index (χ2n) is 6.76. The van der Waals surface area contributed by atoms with Crippen molar-refractivity contribution in [3.05, 3.63) is 18.0 Å². The van der Waals surface area contributed by atoms with Gasteiger partial charge in [-0.25, -0.2) is 0 Å². The van der Waals surface area contributed by atoms with E-state index in [2.05, 4.69) is 61.8 Å². The largest absolute Gasteiger partial charge is 0.311 e. The molecule has 2 heterocycles. The lowest BCUT2D eigenvalue weighted by Gasteiger charge is -2.47. The predicted molar refractivity (Wildman–Crippen MR) is 88.4 cm³/mol. The summed E-state index contributed by atoms with van der Waals surface area (Å²) in [5.74, 6) is 0. The number of rotatable bonds is 6. The van der Waals surface area contributed by atoms with Crippen LogP contribution in [0.4, 0.5) is 0 Å². The molecule has 2 rings (SSSR count). The Hall–Kier alpha value is -0.870. The van der Waals surface area contributed by atoms with E-state index in [-0.39, 0.29) is 5.54 Å². The highest BCUT2D eigenvalue weighted by atomic mass is 15.3. The van der Waals surface area contributed by atoms with Crippen molar-refractivity contribution in [2.75, 3.05) is 13.1 Å². The molecule has 1 fully saturated rings. The van der Waals surface area contributed by atoms with Crippen LogP contribution in [0.1, 0.15) is 65.6 Å². The van der Waals surface area contributed by atoms with E-state index < -0.39 is 0 Å². The van der Waals surface area contributed by atoms with Crippen LogP contribution >= 0.6 is 0 Å². The van der Waals surface area contributed by atoms with Gasteiger partial charge in [0.2, 0.25) is 0 Å². The zero-order chi connectivity index (χ0) is 15.5. The number of hydrogen-bond acceptors (Lipinski definition) is 3. The lowest BCUT2D eigenvalue weighted by atomic mass is 9.91. The van der Waals surface area contributed by atoms with Crippen molar-refractivity contribution in [1.29, 1.82) is 0 Å². The van der Waals surface area contributed by atoms with E-state index in [1.165, 1.54) is 18.5 Å². The predicted octanol–water partition coefficient (Wildman–Crippen LogP) is 3.21. The van der Waals surface area contributed by atoms with Crippen LogP contribution in [0.2, 0.25) is 0 Å². The summed E-state index contributed by atoms with van der Waals surface area (Å²) < 4.78 is 2.11. The fraction of sp³-hybridized carbons (Fsp3) is 0.824. The van der Waals surface area contributed by atoms with Crippen LogP contribution in [0.3, 0.4) is 0 Å². The molecule has 3 atom stereocenters. The van der Waals surface area contributed by atoms with Crippen molar-refractivity contribution >= 4 is 0 Å². The number of aromatic nitrogens is 2. The van der Waals surface area contributed by atoms with E-state index in [9.17, 15) is 0 Å². The first-order valence-electron chi connectivity index (χ1n) is 8.54. The van der Waals surface area contributed by atoms with Crippen LogP contribution < -0.4 is 5.32 Å². The Morgan fingerprint density at radius 1 is 1.43 bits per heavy atom. The van der Waals surface area contributed by atoms with Crippen LogP contribution in [0.25, 0.3) is 0 Å². The molecule has 0 aliphatic carbocycles. The summed E-state index contributed by atoms with van der Waals surface area (Å²) in [5, 5.41) is 8.47. The van der Waals surface area contributed by atoms with Gasteiger partial charge in [0.05, 0.1) is 5.69 Å². The molecule has 21 heavy (non-hydrogen) atoms. The van der Waals surface area contributed by atoms with Crippen LogP contribution in [0.15, 0.2) is 12.3 Å². The van der Waals surface area contributed by atoms with E-state index in [1.54, 1.807) is 0 Å². The third-order valence-electron chi connectivity index (χ3n) is 5.29. The van der Waals surface area contributed by atoms with E-state index in [1.807, 2.05) is 0 Å². The SMILES string of the molecule is CCC1CN(Cc2ccn(C(C)CC)n2)C(C)(CC)CN1. The van der Waals surface area contributed by atoms with Gasteiger partial charge in [-0.05, 0) is 39.2 Å². The maximum Gasteiger partial charge on any atom is 0.0765 e. The van der Waals surface area contributed by atoms with Gasteiger partial charge in [0.1, 0.15) is 0 Å². The molecule has 0 aromatic carbocycles. The third-order valence-corrected chi connectivity index (χ3v) is 5.29. The molecular formula is C17H32N4. The first-order valence-corrected chi connectivity index (χ1v) is 8.54. The molecule has 1 aromatic rings. The zero-order valence-electron chi connectivity index (χ0n) is 14.4. The molecule has 1 saturated heterocycles. The van der Waals surface area contributed by atoms with Gasteiger partial charge in [-0.1, -0.05) is 20.8 Å². The Morgan fingerprint density at radius 2 is 2.19 bits per heavy atom. The van der Waals surface area contributed by atoms with Crippen LogP contribution in [-0.2, 0) is 6.54 Å². The summed E-state index contributed by atoms with van der Waals surface area (Å²) >= 11 is 0. The Labute approximate surface area is 129 Å². The average Bonchev–Trinajstić information content (AvgIpc) is 2.97. The van der Waals surface area contributed by atoms with Crippen molar-refractivity contribution in [2.24, 2.45) is 0 Å². The molecule has 0 spiro atoms. The fourth-order valence-electron chi connectivity index (χ4n) is 2.99. The molecule has 0 amide bonds. The molecule has 4 nitrogen and oxygen atoms in total. The number of nitrogens with one attached hydrogen (secondary N) is 1. The quantitative estimate of drug-likeness (QED) is 0.874. The highest BCUT2D eigenvalue weighted by Crippen LogP contribution is 2.25. The van der Waals surface area contributed by atoms with Gasteiger partial charge >= 0.3 is 0 Å². The van der Waals surface area contributed by atoms with E-state index >= 15 is 0 Å². The van der Waals surface area contributed by atoms with Crippen LogP contribution in [0, 0.1) is 0 Å². The van der Waals surface area contributed by atoms with Gasteiger partial charge in [0.15, 0.2) is 0 Å². The second-order valence-corrected chi connectivity index (χ2v) is 6.76. The molecule has 1 N–H and O–H groups in total. The van der Waals surface area contributed by atoms with Gasteiger partial charge in [-0.2, -0.15) is 5.10 Å². The molecule has 120 valence electrons. The van der Waals surface area contributed by atoms with Gasteiger partial charge < -0.3 is 5.32 Å². The van der Waals surface area contributed by atoms with Gasteiger partial charge in [-0.15, -0.1) is 0 Å². The minimum absolute atomic E-state index is 0.242. The standard InChI is InChI=1S/C17H32N4/c1-6-14(4)21-10-9-16(19-21)12-20-11-15(7-2)18-13-17(20,5)8-3/h9-10,14-15,18H,6-8,11-13H2,1-5H3. The minimum atomic E-state index is 0.242. The maximum atomic E-state index is 4.78. The van der Waals surface area contributed by atoms with Gasteiger partial charge in [0, 0.05) is 43.5 Å². The first kappa shape index (κ1) is 16.5. The van der Waals surface area contributed by atoms with Crippen molar-refractivity contribution < 1.29 is 0 Å². The molecule has 0 radical (unpaired) electrons. The summed E-state index contributed by atoms with van der Waals surface area (Å²) in [4.78, 5) is 2.63. The topological polar surface area (TPSA) is 33.1 Å². The molecular weight excluding hydrogens is 260 g/mol. The summed E-state index contributed by atoms with van der Waals surface area (Å²) in [5.41, 5.74) is 1.44.